The molecule has 1 saturated heterocycles. The lowest BCUT2D eigenvalue weighted by atomic mass is 9.90. The third-order valence-electron chi connectivity index (χ3n) is 2.73. The summed E-state index contributed by atoms with van der Waals surface area (Å²) in [5.74, 6) is 1.32. The lowest BCUT2D eigenvalue weighted by Gasteiger charge is -2.31. The fourth-order valence-electron chi connectivity index (χ4n) is 1.78. The molecule has 0 spiro atoms. The fourth-order valence-corrected chi connectivity index (χ4v) is 2.05. The van der Waals surface area contributed by atoms with E-state index in [1.807, 2.05) is 0 Å². The van der Waals surface area contributed by atoms with Gasteiger partial charge in [0.15, 0.2) is 0 Å². The zero-order chi connectivity index (χ0) is 8.97. The minimum Gasteiger partial charge on any atom is -0.393 e. The highest BCUT2D eigenvalue weighted by molar-refractivity contribution is 7.80. The van der Waals surface area contributed by atoms with Crippen molar-refractivity contribution >= 4 is 12.6 Å². The molecule has 0 aromatic carbocycles. The monoisotopic (exact) mass is 189 g/mol. The van der Waals surface area contributed by atoms with E-state index in [2.05, 4.69) is 24.6 Å². The maximum atomic E-state index is 9.69. The molecule has 12 heavy (non-hydrogen) atoms. The van der Waals surface area contributed by atoms with Crippen LogP contribution in [0.15, 0.2) is 0 Å². The van der Waals surface area contributed by atoms with E-state index in [4.69, 9.17) is 0 Å². The van der Waals surface area contributed by atoms with E-state index in [1.54, 1.807) is 0 Å². The van der Waals surface area contributed by atoms with Crippen molar-refractivity contribution in [2.24, 2.45) is 5.92 Å². The molecule has 0 saturated carbocycles. The van der Waals surface area contributed by atoms with Crippen molar-refractivity contribution in [1.29, 1.82) is 0 Å². The molecule has 1 unspecified atom stereocenters. The molecule has 1 atom stereocenters. The molecule has 1 aliphatic rings. The molecule has 3 heteroatoms. The van der Waals surface area contributed by atoms with E-state index < -0.39 is 0 Å². The Morgan fingerprint density at radius 1 is 1.50 bits per heavy atom. The average Bonchev–Trinajstić information content (AvgIpc) is 2.06. The largest absolute Gasteiger partial charge is 0.393 e. The minimum absolute atomic E-state index is 0.115. The van der Waals surface area contributed by atoms with E-state index in [1.165, 1.54) is 0 Å². The van der Waals surface area contributed by atoms with Gasteiger partial charge in [0.05, 0.1) is 6.10 Å². The number of aliphatic hydroxyl groups excluding tert-OH is 1. The number of nitrogens with zero attached hydrogens (tertiary/aromatic N) is 1. The van der Waals surface area contributed by atoms with Crippen LogP contribution in [0.25, 0.3) is 0 Å². The summed E-state index contributed by atoms with van der Waals surface area (Å²) in [5, 5.41) is 9.69. The lowest BCUT2D eigenvalue weighted by molar-refractivity contribution is 0.0644. The molecule has 72 valence electrons. The van der Waals surface area contributed by atoms with Crippen LogP contribution in [0.1, 0.15) is 19.3 Å². The van der Waals surface area contributed by atoms with Gasteiger partial charge in [0.25, 0.3) is 0 Å². The average molecular weight is 189 g/mol. The first-order chi connectivity index (χ1) is 5.74. The number of piperidine rings is 1. The van der Waals surface area contributed by atoms with Gasteiger partial charge in [-0.25, -0.2) is 0 Å². The number of rotatable bonds is 3. The van der Waals surface area contributed by atoms with E-state index in [0.29, 0.717) is 5.92 Å². The normalized spacial score (nSPS) is 24.2. The second-order valence-corrected chi connectivity index (χ2v) is 4.17. The standard InChI is InChI=1S/C9H19NOS/c1-10-5-2-8(3-6-10)9(11)4-7-12/h8-9,11-12H,2-7H2,1H3. The molecule has 0 radical (unpaired) electrons. The topological polar surface area (TPSA) is 23.5 Å². The van der Waals surface area contributed by atoms with Crippen LogP contribution in [-0.4, -0.2) is 42.0 Å². The molecule has 1 N–H and O–H groups in total. The summed E-state index contributed by atoms with van der Waals surface area (Å²) in [7, 11) is 2.14. The van der Waals surface area contributed by atoms with Crippen LogP contribution in [0.3, 0.4) is 0 Å². The highest BCUT2D eigenvalue weighted by Gasteiger charge is 2.22. The Morgan fingerprint density at radius 2 is 2.08 bits per heavy atom. The second-order valence-electron chi connectivity index (χ2n) is 3.72. The maximum absolute atomic E-state index is 9.69. The Kier molecular flexibility index (Phi) is 4.40. The van der Waals surface area contributed by atoms with E-state index in [9.17, 15) is 5.11 Å². The Hall–Kier alpha value is 0.270. The van der Waals surface area contributed by atoms with Crippen LogP contribution in [0, 0.1) is 5.92 Å². The molecular formula is C9H19NOS. The van der Waals surface area contributed by atoms with Crippen molar-refractivity contribution in [2.45, 2.75) is 25.4 Å². The maximum Gasteiger partial charge on any atom is 0.0577 e. The molecule has 1 heterocycles. The van der Waals surface area contributed by atoms with Gasteiger partial charge >= 0.3 is 0 Å². The third-order valence-corrected chi connectivity index (χ3v) is 2.99. The van der Waals surface area contributed by atoms with Gasteiger partial charge < -0.3 is 10.0 Å². The minimum atomic E-state index is -0.115. The molecule has 1 fully saturated rings. The van der Waals surface area contributed by atoms with Gasteiger partial charge in [-0.3, -0.25) is 0 Å². The van der Waals surface area contributed by atoms with Crippen LogP contribution in [0.5, 0.6) is 0 Å². The predicted molar refractivity (Wildman–Crippen MR) is 54.7 cm³/mol. The van der Waals surface area contributed by atoms with Crippen molar-refractivity contribution in [3.05, 3.63) is 0 Å². The van der Waals surface area contributed by atoms with Crippen LogP contribution in [0.4, 0.5) is 0 Å². The van der Waals surface area contributed by atoms with Crippen LogP contribution in [-0.2, 0) is 0 Å². The fraction of sp³-hybridized carbons (Fsp3) is 1.00. The summed E-state index contributed by atoms with van der Waals surface area (Å²) in [6.45, 7) is 2.27. The number of hydrogen-bond acceptors (Lipinski definition) is 3. The highest BCUT2D eigenvalue weighted by Crippen LogP contribution is 2.21. The first-order valence-corrected chi connectivity index (χ1v) is 5.34. The van der Waals surface area contributed by atoms with Gasteiger partial charge in [0.1, 0.15) is 0 Å². The Labute approximate surface area is 80.4 Å². The summed E-state index contributed by atoms with van der Waals surface area (Å²) in [6, 6.07) is 0. The van der Waals surface area contributed by atoms with E-state index in [-0.39, 0.29) is 6.10 Å². The van der Waals surface area contributed by atoms with Gasteiger partial charge in [-0.1, -0.05) is 0 Å². The van der Waals surface area contributed by atoms with Crippen molar-refractivity contribution in [3.8, 4) is 0 Å². The van der Waals surface area contributed by atoms with Crippen molar-refractivity contribution < 1.29 is 5.11 Å². The number of likely N-dealkylation sites (tertiary alicyclic amines) is 1. The second kappa shape index (κ2) is 5.10. The van der Waals surface area contributed by atoms with Gasteiger partial charge in [0, 0.05) is 0 Å². The molecule has 2 nitrogen and oxygen atoms in total. The van der Waals surface area contributed by atoms with Crippen LogP contribution >= 0.6 is 12.6 Å². The van der Waals surface area contributed by atoms with Crippen molar-refractivity contribution in [2.75, 3.05) is 25.9 Å². The number of hydrogen-bond donors (Lipinski definition) is 2. The van der Waals surface area contributed by atoms with Gasteiger partial charge in [-0.2, -0.15) is 12.6 Å². The van der Waals surface area contributed by atoms with Gasteiger partial charge in [0.2, 0.25) is 0 Å². The predicted octanol–water partition coefficient (Wildman–Crippen LogP) is 1.01. The van der Waals surface area contributed by atoms with E-state index in [0.717, 1.165) is 38.1 Å². The molecule has 0 aliphatic carbocycles. The van der Waals surface area contributed by atoms with E-state index >= 15 is 0 Å². The first kappa shape index (κ1) is 10.4. The van der Waals surface area contributed by atoms with Crippen molar-refractivity contribution in [3.63, 3.8) is 0 Å². The summed E-state index contributed by atoms with van der Waals surface area (Å²) >= 11 is 4.13. The smallest absolute Gasteiger partial charge is 0.0577 e. The Morgan fingerprint density at radius 3 is 2.58 bits per heavy atom. The third kappa shape index (κ3) is 2.96. The van der Waals surface area contributed by atoms with Gasteiger partial charge in [-0.15, -0.1) is 0 Å². The highest BCUT2D eigenvalue weighted by atomic mass is 32.1. The molecule has 0 aromatic heterocycles. The summed E-state index contributed by atoms with van der Waals surface area (Å²) < 4.78 is 0. The molecule has 0 amide bonds. The molecule has 1 rings (SSSR count). The zero-order valence-electron chi connectivity index (χ0n) is 7.74. The van der Waals surface area contributed by atoms with Crippen LogP contribution < -0.4 is 0 Å². The Bertz CT molecular complexity index is 124. The quantitative estimate of drug-likeness (QED) is 0.647. The Balaban J connectivity index is 2.24. The molecular weight excluding hydrogens is 170 g/mol. The molecule has 0 bridgehead atoms. The zero-order valence-corrected chi connectivity index (χ0v) is 8.63. The summed E-state index contributed by atoms with van der Waals surface area (Å²) in [4.78, 5) is 2.32. The summed E-state index contributed by atoms with van der Waals surface area (Å²) in [6.07, 6.45) is 3.02. The summed E-state index contributed by atoms with van der Waals surface area (Å²) in [5.41, 5.74) is 0. The number of aliphatic hydroxyl groups is 1. The lowest BCUT2D eigenvalue weighted by Crippen LogP contribution is -2.35. The van der Waals surface area contributed by atoms with Crippen LogP contribution in [0.2, 0.25) is 0 Å². The first-order valence-electron chi connectivity index (χ1n) is 4.71. The van der Waals surface area contributed by atoms with Crippen molar-refractivity contribution in [1.82, 2.24) is 4.90 Å². The number of thiol groups is 1. The van der Waals surface area contributed by atoms with Gasteiger partial charge in [-0.05, 0) is 51.1 Å². The SMILES string of the molecule is CN1CCC(C(O)CCS)CC1. The molecule has 0 aromatic rings. The molecule has 1 aliphatic heterocycles.